The molecule has 0 bridgehead atoms. The zero-order chi connectivity index (χ0) is 16.3. The van der Waals surface area contributed by atoms with Crippen LogP contribution in [0.25, 0.3) is 6.08 Å². The van der Waals surface area contributed by atoms with Crippen LogP contribution in [0.3, 0.4) is 0 Å². The van der Waals surface area contributed by atoms with Crippen molar-refractivity contribution in [3.05, 3.63) is 60.2 Å². The number of halogens is 2. The van der Waals surface area contributed by atoms with Crippen molar-refractivity contribution < 1.29 is 52.5 Å². The van der Waals surface area contributed by atoms with Gasteiger partial charge in [0.05, 0.1) is 0 Å². The van der Waals surface area contributed by atoms with Gasteiger partial charge in [0.1, 0.15) is 0 Å². The van der Waals surface area contributed by atoms with Gasteiger partial charge in [-0.3, -0.25) is 0 Å². The van der Waals surface area contributed by atoms with E-state index in [0.29, 0.717) is 5.92 Å². The van der Waals surface area contributed by atoms with Gasteiger partial charge in [0.2, 0.25) is 0 Å². The number of allylic oxidation sites excluding steroid dienone is 5. The van der Waals surface area contributed by atoms with E-state index in [2.05, 4.69) is 68.2 Å². The van der Waals surface area contributed by atoms with Crippen LogP contribution < -0.4 is 24.8 Å². The van der Waals surface area contributed by atoms with Crippen molar-refractivity contribution in [3.8, 4) is 0 Å². The van der Waals surface area contributed by atoms with Gasteiger partial charge in [0.15, 0.2) is 0 Å². The maximum Gasteiger partial charge on any atom is -1.00 e. The molecule has 0 aromatic heterocycles. The van der Waals surface area contributed by atoms with Crippen LogP contribution in [0.4, 0.5) is 0 Å². The molecule has 0 heterocycles. The normalized spacial score (nSPS) is 17.8. The predicted molar refractivity (Wildman–Crippen MR) is 97.5 cm³/mol. The Labute approximate surface area is 177 Å². The smallest absolute Gasteiger partial charge is 1.00 e. The van der Waals surface area contributed by atoms with Gasteiger partial charge in [0.25, 0.3) is 0 Å². The Morgan fingerprint density at radius 2 is 1.92 bits per heavy atom. The summed E-state index contributed by atoms with van der Waals surface area (Å²) in [4.78, 5) is 0. The molecule has 1 aromatic carbocycles. The van der Waals surface area contributed by atoms with Gasteiger partial charge in [-0.25, -0.2) is 0 Å². The van der Waals surface area contributed by atoms with Crippen LogP contribution in [0, 0.1) is 0 Å². The van der Waals surface area contributed by atoms with Crippen LogP contribution >= 0.6 is 0 Å². The van der Waals surface area contributed by atoms with E-state index in [9.17, 15) is 0 Å². The van der Waals surface area contributed by atoms with Gasteiger partial charge >= 0.3 is 154 Å². The molecule has 3 rings (SSSR count). The summed E-state index contributed by atoms with van der Waals surface area (Å²) in [6, 6.07) is 8.99. The summed E-state index contributed by atoms with van der Waals surface area (Å²) >= 11 is -0.596. The molecule has 1 unspecified atom stereocenters. The summed E-state index contributed by atoms with van der Waals surface area (Å²) in [6.07, 6.45) is 13.0. The van der Waals surface area contributed by atoms with Crippen molar-refractivity contribution in [1.29, 1.82) is 0 Å². The quantitative estimate of drug-likeness (QED) is 0.391. The first-order valence-electron chi connectivity index (χ1n) is 8.60. The van der Waals surface area contributed by atoms with Crippen molar-refractivity contribution >= 4 is 14.4 Å². The Morgan fingerprint density at radius 3 is 2.60 bits per heavy atom. The third-order valence-corrected chi connectivity index (χ3v) is 9.00. The summed E-state index contributed by atoms with van der Waals surface area (Å²) in [6.45, 7) is 7.75. The van der Waals surface area contributed by atoms with E-state index in [1.807, 2.05) is 0 Å². The summed E-state index contributed by atoms with van der Waals surface area (Å²) in [5.41, 5.74) is 3.02. The van der Waals surface area contributed by atoms with Crippen LogP contribution in [0.5, 0.6) is 0 Å². The minimum absolute atomic E-state index is 0. The number of benzene rings is 1. The maximum absolute atomic E-state index is 6.06. The number of hydrogen-bond acceptors (Lipinski definition) is 1. The molecule has 0 spiro atoms. The molecule has 2 aliphatic carbocycles. The average Bonchev–Trinajstić information content (AvgIpc) is 3.11. The first-order valence-corrected chi connectivity index (χ1v) is 14.5. The fourth-order valence-corrected chi connectivity index (χ4v) is 7.60. The Kier molecular flexibility index (Phi) is 9.64. The van der Waals surface area contributed by atoms with E-state index >= 15 is 0 Å². The fourth-order valence-electron chi connectivity index (χ4n) is 3.22. The van der Waals surface area contributed by atoms with Crippen LogP contribution in [0.2, 0.25) is 19.6 Å². The van der Waals surface area contributed by atoms with Crippen molar-refractivity contribution in [1.82, 2.24) is 0 Å². The first-order chi connectivity index (χ1) is 11.0. The zero-order valence-electron chi connectivity index (χ0n) is 15.2. The van der Waals surface area contributed by atoms with Crippen molar-refractivity contribution in [2.45, 2.75) is 44.8 Å². The van der Waals surface area contributed by atoms with E-state index in [-0.39, 0.29) is 24.8 Å². The van der Waals surface area contributed by atoms with Crippen LogP contribution in [0.15, 0.2) is 49.1 Å². The summed E-state index contributed by atoms with van der Waals surface area (Å²) in [5.74, 6) is 0.657. The van der Waals surface area contributed by atoms with E-state index in [4.69, 9.17) is 4.43 Å². The van der Waals surface area contributed by atoms with E-state index in [0.717, 1.165) is 6.61 Å². The monoisotopic (exact) mass is 470 g/mol. The third-order valence-electron chi connectivity index (χ3n) is 4.31. The standard InChI is InChI=1S/C15H21OSi.C5H5.2ClH.Zr/c1-17(2,3)16-12-6-8-14-11-10-13-7-4-5-9-15(13)14;1-2-4-5-3-1;;;/h4-5,7,9-10,14H,6,8,12H2,1-3H3;1-3H,4H2;2*1H;/q;;;;+2/p-2. The van der Waals surface area contributed by atoms with Crippen molar-refractivity contribution in [2.24, 2.45) is 0 Å². The molecule has 25 heavy (non-hydrogen) atoms. The molecule has 0 amide bonds. The number of hydrogen-bond donors (Lipinski definition) is 0. The molecular weight excluding hydrogens is 446 g/mol. The van der Waals surface area contributed by atoms with Crippen LogP contribution in [0.1, 0.15) is 36.3 Å². The Bertz CT molecular complexity index is 662. The molecular formula is C20H26Cl2OSiZr. The number of rotatable bonds is 7. The summed E-state index contributed by atoms with van der Waals surface area (Å²) < 4.78 is 9.54. The van der Waals surface area contributed by atoms with Gasteiger partial charge in [-0.2, -0.15) is 0 Å². The van der Waals surface area contributed by atoms with Crippen molar-refractivity contribution in [2.75, 3.05) is 6.61 Å². The molecule has 5 heteroatoms. The van der Waals surface area contributed by atoms with Gasteiger partial charge in [-0.05, 0) is 0 Å². The Hall–Kier alpha value is 0.0800. The van der Waals surface area contributed by atoms with Crippen molar-refractivity contribution in [3.63, 3.8) is 0 Å². The molecule has 1 nitrogen and oxygen atoms in total. The van der Waals surface area contributed by atoms with Gasteiger partial charge < -0.3 is 24.8 Å². The molecule has 2 aliphatic rings. The molecule has 0 N–H and O–H groups in total. The summed E-state index contributed by atoms with van der Waals surface area (Å²) in [5, 5.41) is 0. The minimum atomic E-state index is -1.37. The molecule has 0 fully saturated rings. The molecule has 134 valence electrons. The minimum Gasteiger partial charge on any atom is -1.00 e. The first kappa shape index (κ1) is 23.1. The van der Waals surface area contributed by atoms with Crippen LogP contribution in [-0.4, -0.2) is 14.9 Å². The number of fused-ring (bicyclic) bond motifs is 1. The maximum atomic E-state index is 6.06. The van der Waals surface area contributed by atoms with Gasteiger partial charge in [-0.15, -0.1) is 0 Å². The Balaban J connectivity index is 0.00000156. The second kappa shape index (κ2) is 10.4. The molecule has 1 atom stereocenters. The van der Waals surface area contributed by atoms with E-state index < -0.39 is 31.6 Å². The summed E-state index contributed by atoms with van der Waals surface area (Å²) in [7, 11) is -1.37. The molecule has 0 saturated heterocycles. The SMILES string of the molecule is C[Si](C)(C)OCCCC1[C]([Zr+2][C]2=CC=CC2)=Cc2ccccc21.[Cl-].[Cl-]. The van der Waals surface area contributed by atoms with E-state index in [1.165, 1.54) is 24.8 Å². The van der Waals surface area contributed by atoms with E-state index in [1.54, 1.807) is 12.1 Å². The molecule has 1 aromatic rings. The molecule has 0 saturated carbocycles. The van der Waals surface area contributed by atoms with Gasteiger partial charge in [-0.1, -0.05) is 0 Å². The zero-order valence-corrected chi connectivity index (χ0v) is 20.2. The average molecular weight is 473 g/mol. The van der Waals surface area contributed by atoms with Gasteiger partial charge in [0, 0.05) is 0 Å². The largest absolute Gasteiger partial charge is 1.00 e. The fraction of sp³-hybridized carbons (Fsp3) is 0.400. The second-order valence-electron chi connectivity index (χ2n) is 7.33. The Morgan fingerprint density at radius 1 is 1.16 bits per heavy atom. The molecule has 0 aliphatic heterocycles. The van der Waals surface area contributed by atoms with Crippen LogP contribution in [-0.2, 0) is 27.7 Å². The topological polar surface area (TPSA) is 9.23 Å². The second-order valence-corrected chi connectivity index (χ2v) is 15.5. The third kappa shape index (κ3) is 6.63. The molecule has 0 radical (unpaired) electrons. The predicted octanol–water partition coefficient (Wildman–Crippen LogP) is -0.309.